The zero-order valence-corrected chi connectivity index (χ0v) is 13.6. The number of aryl methyl sites for hydroxylation is 1. The van der Waals surface area contributed by atoms with Crippen molar-refractivity contribution >= 4 is 11.9 Å². The summed E-state index contributed by atoms with van der Waals surface area (Å²) in [6, 6.07) is 0.0613. The Bertz CT molecular complexity index is 550. The molecule has 7 nitrogen and oxygen atoms in total. The average molecular weight is 307 g/mol. The number of carbonyl (C=O) groups excluding carboxylic acids is 2. The van der Waals surface area contributed by atoms with E-state index in [0.717, 1.165) is 19.4 Å². The number of aromatic nitrogens is 2. The molecule has 0 spiro atoms. The van der Waals surface area contributed by atoms with Crippen molar-refractivity contribution in [2.75, 3.05) is 26.2 Å². The maximum atomic E-state index is 12.5. The molecule has 1 saturated heterocycles. The second-order valence-electron chi connectivity index (χ2n) is 5.71. The van der Waals surface area contributed by atoms with Crippen LogP contribution in [0.25, 0.3) is 0 Å². The quantitative estimate of drug-likeness (QED) is 0.906. The first-order valence-electron chi connectivity index (χ1n) is 7.85. The molecule has 2 heterocycles. The zero-order valence-electron chi connectivity index (χ0n) is 13.6. The van der Waals surface area contributed by atoms with Crippen molar-refractivity contribution in [3.05, 3.63) is 17.5 Å². The number of carbonyl (C=O) groups is 2. The summed E-state index contributed by atoms with van der Waals surface area (Å²) in [6.45, 7) is 6.70. The number of hydrogen-bond donors (Lipinski definition) is 1. The van der Waals surface area contributed by atoms with Crippen LogP contribution in [0.15, 0.2) is 6.20 Å². The third-order valence-corrected chi connectivity index (χ3v) is 4.24. The van der Waals surface area contributed by atoms with Crippen molar-refractivity contribution in [2.24, 2.45) is 12.8 Å². The molecule has 22 heavy (non-hydrogen) atoms. The van der Waals surface area contributed by atoms with Gasteiger partial charge in [-0.1, -0.05) is 0 Å². The van der Waals surface area contributed by atoms with Crippen LogP contribution in [0.3, 0.4) is 0 Å². The smallest absolute Gasteiger partial charge is 0.319 e. The molecule has 122 valence electrons. The number of piperidine rings is 1. The number of rotatable bonds is 4. The summed E-state index contributed by atoms with van der Waals surface area (Å²) >= 11 is 0. The summed E-state index contributed by atoms with van der Waals surface area (Å²) in [4.78, 5) is 27.7. The van der Waals surface area contributed by atoms with Gasteiger partial charge in [-0.2, -0.15) is 5.10 Å². The van der Waals surface area contributed by atoms with E-state index >= 15 is 0 Å². The van der Waals surface area contributed by atoms with Crippen molar-refractivity contribution in [1.29, 1.82) is 0 Å². The van der Waals surface area contributed by atoms with E-state index in [0.29, 0.717) is 30.9 Å². The predicted molar refractivity (Wildman–Crippen MR) is 83.6 cm³/mol. The Morgan fingerprint density at radius 1 is 1.41 bits per heavy atom. The molecular weight excluding hydrogens is 282 g/mol. The molecule has 1 aromatic rings. The highest BCUT2D eigenvalue weighted by atomic mass is 16.2. The molecule has 1 aliphatic rings. The van der Waals surface area contributed by atoms with Gasteiger partial charge in [-0.3, -0.25) is 9.48 Å². The Labute approximate surface area is 131 Å². The average Bonchev–Trinajstić information content (AvgIpc) is 2.91. The number of nitrogens with zero attached hydrogens (tertiary/aromatic N) is 4. The first kappa shape index (κ1) is 16.3. The number of primary amides is 1. The molecule has 3 amide bonds. The minimum Gasteiger partial charge on any atom is -0.365 e. The molecule has 7 heteroatoms. The third kappa shape index (κ3) is 3.23. The maximum absolute atomic E-state index is 12.5. The van der Waals surface area contributed by atoms with Crippen molar-refractivity contribution in [3.63, 3.8) is 0 Å². The first-order valence-corrected chi connectivity index (χ1v) is 7.85. The zero-order chi connectivity index (χ0) is 16.3. The Hall–Kier alpha value is -2.05. The normalized spacial score (nSPS) is 18.3. The predicted octanol–water partition coefficient (Wildman–Crippen LogP) is 1.16. The van der Waals surface area contributed by atoms with Crippen LogP contribution in [0.5, 0.6) is 0 Å². The summed E-state index contributed by atoms with van der Waals surface area (Å²) in [7, 11) is 1.78. The largest absolute Gasteiger partial charge is 0.365 e. The number of hydrogen-bond acceptors (Lipinski definition) is 3. The van der Waals surface area contributed by atoms with Crippen molar-refractivity contribution < 1.29 is 9.59 Å². The van der Waals surface area contributed by atoms with Crippen molar-refractivity contribution in [3.8, 4) is 0 Å². The van der Waals surface area contributed by atoms with Gasteiger partial charge in [-0.05, 0) is 26.7 Å². The summed E-state index contributed by atoms with van der Waals surface area (Å²) in [5, 5.41) is 4.40. The lowest BCUT2D eigenvalue weighted by molar-refractivity contribution is 0.0998. The van der Waals surface area contributed by atoms with Gasteiger partial charge in [0.2, 0.25) is 0 Å². The van der Waals surface area contributed by atoms with Crippen LogP contribution in [0.2, 0.25) is 0 Å². The van der Waals surface area contributed by atoms with Crippen LogP contribution in [0, 0.1) is 0 Å². The van der Waals surface area contributed by atoms with Crippen LogP contribution in [0.4, 0.5) is 4.79 Å². The second-order valence-corrected chi connectivity index (χ2v) is 5.71. The minimum atomic E-state index is -0.463. The highest BCUT2D eigenvalue weighted by Crippen LogP contribution is 2.28. The topological polar surface area (TPSA) is 84.5 Å². The third-order valence-electron chi connectivity index (χ3n) is 4.24. The van der Waals surface area contributed by atoms with Gasteiger partial charge in [0.05, 0.1) is 11.3 Å². The molecule has 1 atom stereocenters. The van der Waals surface area contributed by atoms with Gasteiger partial charge in [0, 0.05) is 45.3 Å². The van der Waals surface area contributed by atoms with Crippen molar-refractivity contribution in [1.82, 2.24) is 19.6 Å². The van der Waals surface area contributed by atoms with Crippen LogP contribution in [0.1, 0.15) is 48.7 Å². The minimum absolute atomic E-state index is 0.0613. The van der Waals surface area contributed by atoms with E-state index in [9.17, 15) is 9.59 Å². The van der Waals surface area contributed by atoms with Gasteiger partial charge in [-0.25, -0.2) is 4.79 Å². The van der Waals surface area contributed by atoms with E-state index in [-0.39, 0.29) is 11.9 Å². The van der Waals surface area contributed by atoms with E-state index in [4.69, 9.17) is 5.73 Å². The SMILES string of the molecule is CCN(CC)C(=O)N1CCCC(c2nn(C)cc2C(N)=O)C1. The standard InChI is InChI=1S/C15H25N5O2/c1-4-19(5-2)15(22)20-8-6-7-11(9-20)13-12(14(16)21)10-18(3)17-13/h10-11H,4-9H2,1-3H3,(H2,16,21). The molecule has 2 N–H and O–H groups in total. The van der Waals surface area contributed by atoms with Crippen LogP contribution in [-0.4, -0.2) is 57.7 Å². The number of amides is 3. The molecule has 1 aliphatic heterocycles. The Morgan fingerprint density at radius 3 is 2.68 bits per heavy atom. The fraction of sp³-hybridized carbons (Fsp3) is 0.667. The molecule has 2 rings (SSSR count). The van der Waals surface area contributed by atoms with Gasteiger partial charge in [0.1, 0.15) is 0 Å². The molecular formula is C15H25N5O2. The fourth-order valence-corrected chi connectivity index (χ4v) is 3.07. The van der Waals surface area contributed by atoms with Gasteiger partial charge >= 0.3 is 6.03 Å². The van der Waals surface area contributed by atoms with E-state index in [1.807, 2.05) is 23.6 Å². The number of nitrogens with two attached hydrogens (primary N) is 1. The Balaban J connectivity index is 2.17. The molecule has 1 unspecified atom stereocenters. The van der Waals surface area contributed by atoms with Crippen LogP contribution >= 0.6 is 0 Å². The molecule has 1 aromatic heterocycles. The Kier molecular flexibility index (Phi) is 5.05. The second kappa shape index (κ2) is 6.81. The monoisotopic (exact) mass is 307 g/mol. The lowest BCUT2D eigenvalue weighted by Crippen LogP contribution is -2.47. The molecule has 0 saturated carbocycles. The fourth-order valence-electron chi connectivity index (χ4n) is 3.07. The summed E-state index contributed by atoms with van der Waals surface area (Å²) < 4.78 is 1.61. The highest BCUT2D eigenvalue weighted by Gasteiger charge is 2.30. The van der Waals surface area contributed by atoms with Gasteiger partial charge in [0.15, 0.2) is 0 Å². The lowest BCUT2D eigenvalue weighted by atomic mass is 9.92. The van der Waals surface area contributed by atoms with E-state index in [1.54, 1.807) is 17.9 Å². The molecule has 0 aromatic carbocycles. The molecule has 0 bridgehead atoms. The van der Waals surface area contributed by atoms with Gasteiger partial charge in [-0.15, -0.1) is 0 Å². The number of likely N-dealkylation sites (tertiary alicyclic amines) is 1. The van der Waals surface area contributed by atoms with E-state index in [2.05, 4.69) is 5.10 Å². The van der Waals surface area contributed by atoms with Gasteiger partial charge in [0.25, 0.3) is 5.91 Å². The lowest BCUT2D eigenvalue weighted by Gasteiger charge is -2.35. The summed E-state index contributed by atoms with van der Waals surface area (Å²) in [6.07, 6.45) is 3.48. The molecule has 0 aliphatic carbocycles. The van der Waals surface area contributed by atoms with Gasteiger partial charge < -0.3 is 15.5 Å². The first-order chi connectivity index (χ1) is 10.5. The van der Waals surface area contributed by atoms with E-state index in [1.165, 1.54) is 0 Å². The van der Waals surface area contributed by atoms with Crippen LogP contribution < -0.4 is 5.73 Å². The summed E-state index contributed by atoms with van der Waals surface area (Å²) in [5.74, 6) is -0.396. The molecule has 0 radical (unpaired) electrons. The maximum Gasteiger partial charge on any atom is 0.319 e. The highest BCUT2D eigenvalue weighted by molar-refractivity contribution is 5.93. The molecule has 1 fully saturated rings. The summed E-state index contributed by atoms with van der Waals surface area (Å²) in [5.41, 5.74) is 6.62. The van der Waals surface area contributed by atoms with Crippen LogP contribution in [-0.2, 0) is 7.05 Å². The van der Waals surface area contributed by atoms with Crippen molar-refractivity contribution in [2.45, 2.75) is 32.6 Å². The number of urea groups is 1. The van der Waals surface area contributed by atoms with E-state index < -0.39 is 5.91 Å². The Morgan fingerprint density at radius 2 is 2.09 bits per heavy atom.